The van der Waals surface area contributed by atoms with Gasteiger partial charge in [0.2, 0.25) is 5.91 Å². The molecule has 30 heavy (non-hydrogen) atoms. The molecule has 1 aliphatic heterocycles. The van der Waals surface area contributed by atoms with Crippen molar-refractivity contribution >= 4 is 11.6 Å². The van der Waals surface area contributed by atoms with Crippen molar-refractivity contribution in [2.75, 3.05) is 19.0 Å². The number of pyridine rings is 1. The molecule has 0 saturated carbocycles. The fraction of sp³-hybridized carbons (Fsp3) is 0.280. The van der Waals surface area contributed by atoms with E-state index in [1.54, 1.807) is 7.11 Å². The summed E-state index contributed by atoms with van der Waals surface area (Å²) in [5.74, 6) is 0.846. The second-order valence-corrected chi connectivity index (χ2v) is 7.66. The van der Waals surface area contributed by atoms with Crippen molar-refractivity contribution in [1.82, 2.24) is 9.88 Å². The van der Waals surface area contributed by atoms with Gasteiger partial charge in [0.05, 0.1) is 7.11 Å². The minimum Gasteiger partial charge on any atom is -0.496 e. The van der Waals surface area contributed by atoms with Crippen LogP contribution in [0.15, 0.2) is 67.0 Å². The van der Waals surface area contributed by atoms with Gasteiger partial charge in [0.25, 0.3) is 0 Å². The van der Waals surface area contributed by atoms with Crippen LogP contribution in [0.1, 0.15) is 28.7 Å². The summed E-state index contributed by atoms with van der Waals surface area (Å²) < 4.78 is 5.37. The zero-order chi connectivity index (χ0) is 20.8. The number of anilines is 1. The number of ether oxygens (including phenoxy) is 1. The minimum absolute atomic E-state index is 0.0188. The number of para-hydroxylation sites is 1. The van der Waals surface area contributed by atoms with Crippen LogP contribution in [-0.4, -0.2) is 29.4 Å². The number of aryl methyl sites for hydroxylation is 1. The average Bonchev–Trinajstić information content (AvgIpc) is 2.78. The zero-order valence-electron chi connectivity index (χ0n) is 17.3. The smallest absolute Gasteiger partial charge is 0.224 e. The van der Waals surface area contributed by atoms with Gasteiger partial charge in [-0.1, -0.05) is 24.3 Å². The lowest BCUT2D eigenvalue weighted by Gasteiger charge is -2.29. The van der Waals surface area contributed by atoms with Gasteiger partial charge in [-0.3, -0.25) is 14.7 Å². The van der Waals surface area contributed by atoms with Gasteiger partial charge < -0.3 is 10.1 Å². The Labute approximate surface area is 177 Å². The predicted molar refractivity (Wildman–Crippen MR) is 118 cm³/mol. The first kappa shape index (κ1) is 20.1. The number of nitrogens with one attached hydrogen (secondary N) is 1. The molecule has 3 aromatic rings. The van der Waals surface area contributed by atoms with E-state index in [2.05, 4.69) is 39.5 Å². The molecule has 5 nitrogen and oxygen atoms in total. The summed E-state index contributed by atoms with van der Waals surface area (Å²) in [5.41, 5.74) is 5.84. The van der Waals surface area contributed by atoms with Crippen molar-refractivity contribution < 1.29 is 9.53 Å². The topological polar surface area (TPSA) is 54.5 Å². The average molecular weight is 402 g/mol. The molecule has 1 aromatic heterocycles. The number of carbonyl (C=O) groups is 1. The fourth-order valence-corrected chi connectivity index (χ4v) is 3.96. The van der Waals surface area contributed by atoms with E-state index in [4.69, 9.17) is 4.74 Å². The molecule has 0 spiro atoms. The van der Waals surface area contributed by atoms with Gasteiger partial charge in [0.1, 0.15) is 5.75 Å². The Kier molecular flexibility index (Phi) is 6.40. The molecule has 0 atom stereocenters. The molecule has 2 heterocycles. The lowest BCUT2D eigenvalue weighted by atomic mass is 9.98. The van der Waals surface area contributed by atoms with Crippen LogP contribution in [0, 0.1) is 0 Å². The van der Waals surface area contributed by atoms with Crippen molar-refractivity contribution in [2.24, 2.45) is 0 Å². The quantitative estimate of drug-likeness (QED) is 0.644. The molecule has 0 aliphatic carbocycles. The van der Waals surface area contributed by atoms with Crippen LogP contribution in [0.2, 0.25) is 0 Å². The highest BCUT2D eigenvalue weighted by Gasteiger charge is 2.17. The first-order valence-electron chi connectivity index (χ1n) is 10.4. The Morgan fingerprint density at radius 1 is 1.10 bits per heavy atom. The molecule has 4 rings (SSSR count). The summed E-state index contributed by atoms with van der Waals surface area (Å²) in [6.07, 6.45) is 5.78. The van der Waals surface area contributed by atoms with Crippen LogP contribution in [0.5, 0.6) is 5.75 Å². The van der Waals surface area contributed by atoms with E-state index in [1.165, 1.54) is 16.7 Å². The van der Waals surface area contributed by atoms with Crippen LogP contribution in [-0.2, 0) is 30.7 Å². The van der Waals surface area contributed by atoms with Crippen LogP contribution < -0.4 is 10.1 Å². The lowest BCUT2D eigenvalue weighted by molar-refractivity contribution is -0.116. The summed E-state index contributed by atoms with van der Waals surface area (Å²) in [4.78, 5) is 19.0. The van der Waals surface area contributed by atoms with Gasteiger partial charge >= 0.3 is 0 Å². The molecule has 2 aromatic carbocycles. The molecule has 0 unspecified atom stereocenters. The molecule has 154 valence electrons. The lowest BCUT2D eigenvalue weighted by Crippen LogP contribution is -2.30. The number of fused-ring (bicyclic) bond motifs is 1. The SMILES string of the molecule is COc1ccccc1CCC(=O)Nc1ccc2c(c1)CN(Cc1ccncc1)CC2. The Balaban J connectivity index is 1.35. The third-order valence-corrected chi connectivity index (χ3v) is 5.55. The van der Waals surface area contributed by atoms with E-state index in [1.807, 2.05) is 42.7 Å². The first-order valence-corrected chi connectivity index (χ1v) is 10.4. The number of carbonyl (C=O) groups excluding carboxylic acids is 1. The number of amides is 1. The Bertz CT molecular complexity index is 1000. The third kappa shape index (κ3) is 5.05. The van der Waals surface area contributed by atoms with Crippen molar-refractivity contribution in [2.45, 2.75) is 32.4 Å². The number of hydrogen-bond donors (Lipinski definition) is 1. The maximum atomic E-state index is 12.5. The summed E-state index contributed by atoms with van der Waals surface area (Å²) in [6.45, 7) is 2.85. The third-order valence-electron chi connectivity index (χ3n) is 5.55. The first-order chi connectivity index (χ1) is 14.7. The van der Waals surface area contributed by atoms with Gasteiger partial charge in [-0.05, 0) is 65.4 Å². The predicted octanol–water partition coefficient (Wildman–Crippen LogP) is 4.22. The summed E-state index contributed by atoms with van der Waals surface area (Å²) in [5, 5.41) is 3.06. The highest BCUT2D eigenvalue weighted by atomic mass is 16.5. The molecule has 0 bridgehead atoms. The molecular formula is C25H27N3O2. The maximum Gasteiger partial charge on any atom is 0.224 e. The van der Waals surface area contributed by atoms with Crippen LogP contribution in [0.25, 0.3) is 0 Å². The van der Waals surface area contributed by atoms with E-state index in [9.17, 15) is 4.79 Å². The van der Waals surface area contributed by atoms with Gasteiger partial charge in [-0.2, -0.15) is 0 Å². The molecule has 0 radical (unpaired) electrons. The molecule has 1 N–H and O–H groups in total. The van der Waals surface area contributed by atoms with E-state index in [0.29, 0.717) is 12.8 Å². The van der Waals surface area contributed by atoms with Crippen molar-refractivity contribution in [3.8, 4) is 5.75 Å². The molecule has 5 heteroatoms. The van der Waals surface area contributed by atoms with Crippen LogP contribution in [0.3, 0.4) is 0 Å². The molecular weight excluding hydrogens is 374 g/mol. The fourth-order valence-electron chi connectivity index (χ4n) is 3.96. The molecule has 1 aliphatic rings. The summed E-state index contributed by atoms with van der Waals surface area (Å²) in [6, 6.07) is 18.2. The van der Waals surface area contributed by atoms with Gasteiger partial charge in [-0.25, -0.2) is 0 Å². The highest BCUT2D eigenvalue weighted by molar-refractivity contribution is 5.91. The number of hydrogen-bond acceptors (Lipinski definition) is 4. The standard InChI is InChI=1S/C25H27N3O2/c1-30-24-5-3-2-4-21(24)7-9-25(29)27-23-8-6-20-12-15-28(18-22(20)16-23)17-19-10-13-26-14-11-19/h2-6,8,10-11,13-14,16H,7,9,12,15,17-18H2,1H3,(H,27,29). The Morgan fingerprint density at radius 3 is 2.77 bits per heavy atom. The monoisotopic (exact) mass is 401 g/mol. The van der Waals surface area contributed by atoms with Crippen LogP contribution in [0.4, 0.5) is 5.69 Å². The van der Waals surface area contributed by atoms with Crippen molar-refractivity contribution in [3.05, 3.63) is 89.2 Å². The van der Waals surface area contributed by atoms with E-state index < -0.39 is 0 Å². The normalized spacial score (nSPS) is 13.5. The highest BCUT2D eigenvalue weighted by Crippen LogP contribution is 2.24. The van der Waals surface area contributed by atoms with E-state index >= 15 is 0 Å². The largest absolute Gasteiger partial charge is 0.496 e. The second kappa shape index (κ2) is 9.55. The zero-order valence-corrected chi connectivity index (χ0v) is 17.3. The maximum absolute atomic E-state index is 12.5. The van der Waals surface area contributed by atoms with Gasteiger partial charge in [0.15, 0.2) is 0 Å². The number of methoxy groups -OCH3 is 1. The minimum atomic E-state index is 0.0188. The van der Waals surface area contributed by atoms with E-state index in [0.717, 1.165) is 43.1 Å². The Hall–Kier alpha value is -3.18. The molecule has 0 fully saturated rings. The molecule has 0 saturated heterocycles. The summed E-state index contributed by atoms with van der Waals surface area (Å²) in [7, 11) is 1.66. The number of nitrogens with zero attached hydrogens (tertiary/aromatic N) is 2. The van der Waals surface area contributed by atoms with Gasteiger partial charge in [0, 0.05) is 44.1 Å². The number of aromatic nitrogens is 1. The Morgan fingerprint density at radius 2 is 1.93 bits per heavy atom. The van der Waals surface area contributed by atoms with Gasteiger partial charge in [-0.15, -0.1) is 0 Å². The number of rotatable bonds is 7. The van der Waals surface area contributed by atoms with E-state index in [-0.39, 0.29) is 5.91 Å². The summed E-state index contributed by atoms with van der Waals surface area (Å²) >= 11 is 0. The van der Waals surface area contributed by atoms with Crippen molar-refractivity contribution in [3.63, 3.8) is 0 Å². The van der Waals surface area contributed by atoms with Crippen molar-refractivity contribution in [1.29, 1.82) is 0 Å². The second-order valence-electron chi connectivity index (χ2n) is 7.66. The molecule has 1 amide bonds. The van der Waals surface area contributed by atoms with Crippen LogP contribution >= 0.6 is 0 Å². The number of benzene rings is 2.